The summed E-state index contributed by atoms with van der Waals surface area (Å²) in [6, 6.07) is 20.4. The van der Waals surface area contributed by atoms with E-state index in [9.17, 15) is 4.79 Å². The molecule has 0 fully saturated rings. The van der Waals surface area contributed by atoms with Crippen molar-refractivity contribution in [3.05, 3.63) is 105 Å². The Bertz CT molecular complexity index is 999. The molecular weight excluding hydrogens is 627 g/mol. The number of aryl methyl sites for hydroxylation is 1. The zero-order valence-electron chi connectivity index (χ0n) is 18.3. The van der Waals surface area contributed by atoms with Gasteiger partial charge in [-0.25, -0.2) is 4.79 Å². The van der Waals surface area contributed by atoms with E-state index in [4.69, 9.17) is 28.0 Å². The maximum atomic E-state index is 12.4. The van der Waals surface area contributed by atoms with Crippen LogP contribution in [0.3, 0.4) is 0 Å². The predicted molar refractivity (Wildman–Crippen MR) is 117 cm³/mol. The van der Waals surface area contributed by atoms with E-state index >= 15 is 0 Å². The average Bonchev–Trinajstić information content (AvgIpc) is 3.28. The number of carbonyl (C=O) groups excluding carboxylic acids is 1. The second-order valence-corrected chi connectivity index (χ2v) is 7.26. The maximum Gasteiger partial charge on any atom is 0 e. The molecule has 0 N–H and O–H groups in total. The number of rotatable bonds is 4. The Balaban J connectivity index is -0.000000364. The molecule has 0 saturated carbocycles. The first kappa shape index (κ1) is 38.3. The average molecular weight is 646 g/mol. The van der Waals surface area contributed by atoms with Gasteiger partial charge in [-0.2, -0.15) is 0 Å². The van der Waals surface area contributed by atoms with E-state index in [0.717, 1.165) is 11.1 Å². The number of carbonyl (C=O) groups is 1. The molecule has 1 aromatic heterocycles. The van der Waals surface area contributed by atoms with Crippen LogP contribution in [0.15, 0.2) is 66.5 Å². The minimum absolute atomic E-state index is 0. The third-order valence-electron chi connectivity index (χ3n) is 3.79. The van der Waals surface area contributed by atoms with Crippen molar-refractivity contribution in [2.24, 2.45) is 6.66 Å². The van der Waals surface area contributed by atoms with Crippen molar-refractivity contribution < 1.29 is 53.9 Å². The fourth-order valence-electron chi connectivity index (χ4n) is 2.83. The van der Waals surface area contributed by atoms with Crippen LogP contribution in [0.5, 0.6) is 0 Å². The minimum Gasteiger partial charge on any atom is 0 e. The molecule has 0 spiro atoms. The Morgan fingerprint density at radius 1 is 0.765 bits per heavy atom. The van der Waals surface area contributed by atoms with Gasteiger partial charge in [0.05, 0.1) is 12.2 Å². The van der Waals surface area contributed by atoms with E-state index in [1.54, 1.807) is 0 Å². The van der Waals surface area contributed by atoms with Crippen LogP contribution in [0.25, 0.3) is 22.0 Å². The van der Waals surface area contributed by atoms with Crippen LogP contribution in [-0.2, 0) is 55.7 Å². The van der Waals surface area contributed by atoms with Crippen LogP contribution in [0.1, 0.15) is 17.3 Å². The molecule has 7 nitrogen and oxygen atoms in total. The molecule has 0 bridgehead atoms. The monoisotopic (exact) mass is 646 g/mol. The van der Waals surface area contributed by atoms with Gasteiger partial charge >= 0.3 is 62.5 Å². The van der Waals surface area contributed by atoms with Crippen molar-refractivity contribution >= 4 is 13.5 Å². The molecule has 3 aromatic rings. The summed E-state index contributed by atoms with van der Waals surface area (Å²) in [5.74, 6) is 1.85. The number of hydrogen-bond acceptors (Lipinski definition) is 2. The zero-order chi connectivity index (χ0) is 26.2. The predicted octanol–water partition coefficient (Wildman–Crippen LogP) is 5.53. The Hall–Kier alpha value is -2.92. The maximum absolute atomic E-state index is 12.4. The molecule has 0 aliphatic carbocycles. The molecule has 0 aliphatic heterocycles. The summed E-state index contributed by atoms with van der Waals surface area (Å²) in [7, 11) is -0.533. The number of esters is 1. The van der Waals surface area contributed by atoms with E-state index in [1.807, 2.05) is 43.3 Å². The van der Waals surface area contributed by atoms with E-state index in [1.165, 1.54) is 10.9 Å². The van der Waals surface area contributed by atoms with Crippen LogP contribution in [-0.4, -0.2) is 12.6 Å². The molecule has 3 rings (SSSR count). The van der Waals surface area contributed by atoms with Crippen LogP contribution < -0.4 is 0 Å². The van der Waals surface area contributed by atoms with Crippen molar-refractivity contribution in [3.63, 3.8) is 0 Å². The van der Waals surface area contributed by atoms with Gasteiger partial charge in [-0.1, -0.05) is 60.7 Å². The largest absolute Gasteiger partial charge is 0 e. The summed E-state index contributed by atoms with van der Waals surface area (Å²) >= 11 is 0. The molecule has 0 radical (unpaired) electrons. The van der Waals surface area contributed by atoms with E-state index in [-0.39, 0.29) is 27.0 Å². The normalized spacial score (nSPS) is 7.94. The van der Waals surface area contributed by atoms with E-state index in [2.05, 4.69) is 70.0 Å². The van der Waals surface area contributed by atoms with Gasteiger partial charge in [0.2, 0.25) is 0 Å². The third kappa shape index (κ3) is 11.8. The fourth-order valence-corrected chi connectivity index (χ4v) is 4.74. The van der Waals surface area contributed by atoms with Crippen LogP contribution >= 0.6 is 7.53 Å². The van der Waals surface area contributed by atoms with Gasteiger partial charge in [0.25, 0.3) is 0 Å². The Labute approximate surface area is 214 Å². The summed E-state index contributed by atoms with van der Waals surface area (Å²) in [6.07, 6.45) is 0. The fraction of sp³-hybridized carbons (Fsp3) is 0.120. The first-order valence-corrected chi connectivity index (χ1v) is 10.6. The second kappa shape index (κ2) is 26.3. The van der Waals surface area contributed by atoms with Gasteiger partial charge in [-0.3, -0.25) is 0 Å². The Morgan fingerprint density at radius 2 is 1.15 bits per heavy atom. The molecule has 1 atom stereocenters. The smallest absolute Gasteiger partial charge is 0 e. The molecule has 34 heavy (non-hydrogen) atoms. The first-order chi connectivity index (χ1) is 16.2. The molecule has 2 aromatic carbocycles. The molecule has 9 heteroatoms. The number of hydrogen-bond donors (Lipinski definition) is 0. The van der Waals surface area contributed by atoms with Crippen molar-refractivity contribution in [2.75, 3.05) is 6.61 Å². The first-order valence-electron chi connectivity index (χ1n) is 8.71. The molecule has 1 heterocycles. The summed E-state index contributed by atoms with van der Waals surface area (Å²) in [5.41, 5.74) is 3.96. The topological polar surface area (TPSA) is 126 Å². The van der Waals surface area contributed by atoms with Crippen molar-refractivity contribution in [1.82, 2.24) is 0 Å². The molecule has 172 valence electrons. The van der Waals surface area contributed by atoms with Crippen LogP contribution in [0.2, 0.25) is 0 Å². The van der Waals surface area contributed by atoms with Crippen molar-refractivity contribution in [2.45, 2.75) is 6.92 Å². The number of benzene rings is 2. The summed E-state index contributed by atoms with van der Waals surface area (Å²) in [6.45, 7) is 26.9. The van der Waals surface area contributed by atoms with Gasteiger partial charge in [0.15, 0.2) is 0 Å². The quantitative estimate of drug-likeness (QED) is 0.210. The van der Waals surface area contributed by atoms with Crippen molar-refractivity contribution in [1.29, 1.82) is 0 Å². The summed E-state index contributed by atoms with van der Waals surface area (Å²) < 4.78 is 42.8. The molecule has 0 aliphatic rings. The Kier molecular flexibility index (Phi) is 29.7. The van der Waals surface area contributed by atoms with Gasteiger partial charge < -0.3 is 4.74 Å². The molecule has 1 unspecified atom stereocenters. The minimum atomic E-state index is -0.533. The summed E-state index contributed by atoms with van der Waals surface area (Å²) in [4.78, 5) is 12.4. The van der Waals surface area contributed by atoms with Gasteiger partial charge in [-0.15, -0.1) is 7.53 Å². The van der Waals surface area contributed by atoms with Gasteiger partial charge in [0.1, 0.15) is 0 Å². The van der Waals surface area contributed by atoms with Gasteiger partial charge in [0, 0.05) is 31.9 Å². The third-order valence-corrected chi connectivity index (χ3v) is 5.62. The Morgan fingerprint density at radius 3 is 1.53 bits per heavy atom. The van der Waals surface area contributed by atoms with E-state index in [0.29, 0.717) is 12.2 Å². The van der Waals surface area contributed by atoms with Crippen LogP contribution in [0, 0.1) is 33.3 Å². The molecular formula is C25H19O7PW. The van der Waals surface area contributed by atoms with Crippen LogP contribution in [0.4, 0.5) is 0 Å². The zero-order valence-corrected chi connectivity index (χ0v) is 22.1. The van der Waals surface area contributed by atoms with Gasteiger partial charge in [-0.05, 0) is 30.5 Å². The summed E-state index contributed by atoms with van der Waals surface area (Å²) in [5, 5.41) is 1.25. The number of ether oxygens (including phenoxy) is 1. The second-order valence-electron chi connectivity index (χ2n) is 5.33. The standard InChI is InChI=1S/C20H19O2P.5CO.W/c1-3-22-20(21)17-14-23(2)19(16-12-8-5-9-13-16)18(17)15-10-6-4-7-11-15;5*1-2;/h4-14H,3H2,1-2H3;;;;;;. The van der Waals surface area contributed by atoms with E-state index < -0.39 is 7.53 Å². The molecule has 0 amide bonds. The van der Waals surface area contributed by atoms with Crippen molar-refractivity contribution in [3.8, 4) is 22.0 Å². The molecule has 0 saturated heterocycles. The SMILES string of the molecule is CCOC(=O)c1cp(C)c(-c2ccccc2)c1-c1ccccc1.[C-]#[O+].[C-]#[O+].[C-]#[O+].[C-]#[O+].[C-]#[O+].[W].